The fraction of sp³-hybridized carbons (Fsp3) is 0.950. The lowest BCUT2D eigenvalue weighted by Gasteiger charge is -2.60. The van der Waals surface area contributed by atoms with Crippen LogP contribution in [-0.4, -0.2) is 11.2 Å². The van der Waals surface area contributed by atoms with E-state index in [9.17, 15) is 10.4 Å². The molecule has 0 heterocycles. The molecule has 0 saturated heterocycles. The lowest BCUT2D eigenvalue weighted by Crippen LogP contribution is -2.53. The first-order chi connectivity index (χ1) is 10.5. The van der Waals surface area contributed by atoms with Gasteiger partial charge in [0.1, 0.15) is 0 Å². The minimum Gasteiger partial charge on any atom is -0.393 e. The third-order valence-electron chi connectivity index (χ3n) is 8.79. The van der Waals surface area contributed by atoms with Crippen molar-refractivity contribution in [2.75, 3.05) is 0 Å². The van der Waals surface area contributed by atoms with E-state index in [2.05, 4.69) is 19.9 Å². The third kappa shape index (κ3) is 1.87. The van der Waals surface area contributed by atoms with Gasteiger partial charge in [-0.1, -0.05) is 13.8 Å². The molecule has 4 rings (SSSR count). The minimum atomic E-state index is -0.0436. The fourth-order valence-corrected chi connectivity index (χ4v) is 7.45. The van der Waals surface area contributed by atoms with Crippen LogP contribution in [0, 0.1) is 51.8 Å². The Kier molecular flexibility index (Phi) is 3.39. The summed E-state index contributed by atoms with van der Waals surface area (Å²) >= 11 is 0. The average Bonchev–Trinajstić information content (AvgIpc) is 2.84. The summed E-state index contributed by atoms with van der Waals surface area (Å²) in [7, 11) is 0. The van der Waals surface area contributed by atoms with Crippen LogP contribution >= 0.6 is 0 Å². The van der Waals surface area contributed by atoms with Crippen LogP contribution in [0.5, 0.6) is 0 Å². The Balaban J connectivity index is 1.62. The lowest BCUT2D eigenvalue weighted by molar-refractivity contribution is -0.124. The van der Waals surface area contributed by atoms with Crippen LogP contribution in [0.2, 0.25) is 0 Å². The second-order valence-corrected chi connectivity index (χ2v) is 9.39. The Labute approximate surface area is 135 Å². The fourth-order valence-electron chi connectivity index (χ4n) is 7.45. The van der Waals surface area contributed by atoms with Crippen LogP contribution in [0.4, 0.5) is 0 Å². The lowest BCUT2D eigenvalue weighted by atomic mass is 9.45. The SMILES string of the molecule is CC12CCC3C(CCC4C[C@@H](O)CCC43C)C1CCC2C#N. The number of hydrogen-bond acceptors (Lipinski definition) is 2. The van der Waals surface area contributed by atoms with Gasteiger partial charge in [-0.15, -0.1) is 0 Å². The zero-order valence-corrected chi connectivity index (χ0v) is 14.2. The molecule has 1 N–H and O–H groups in total. The Morgan fingerprint density at radius 2 is 1.64 bits per heavy atom. The van der Waals surface area contributed by atoms with Crippen molar-refractivity contribution in [2.45, 2.75) is 77.7 Å². The summed E-state index contributed by atoms with van der Waals surface area (Å²) in [5.74, 6) is 3.55. The number of rotatable bonds is 0. The second-order valence-electron chi connectivity index (χ2n) is 9.39. The van der Waals surface area contributed by atoms with Gasteiger partial charge in [0, 0.05) is 0 Å². The van der Waals surface area contributed by atoms with Crippen LogP contribution in [0.1, 0.15) is 71.6 Å². The van der Waals surface area contributed by atoms with Crippen LogP contribution in [0.3, 0.4) is 0 Å². The third-order valence-corrected chi connectivity index (χ3v) is 8.79. The Morgan fingerprint density at radius 3 is 2.41 bits per heavy atom. The second kappa shape index (κ2) is 4.97. The van der Waals surface area contributed by atoms with E-state index in [1.807, 2.05) is 0 Å². The van der Waals surface area contributed by atoms with Gasteiger partial charge in [0.05, 0.1) is 18.1 Å². The van der Waals surface area contributed by atoms with E-state index in [-0.39, 0.29) is 6.10 Å². The van der Waals surface area contributed by atoms with Crippen LogP contribution in [0.15, 0.2) is 0 Å². The first kappa shape index (κ1) is 15.0. The van der Waals surface area contributed by atoms with Gasteiger partial charge in [0.2, 0.25) is 0 Å². The van der Waals surface area contributed by atoms with Crippen molar-refractivity contribution in [3.05, 3.63) is 0 Å². The van der Waals surface area contributed by atoms with Gasteiger partial charge in [-0.05, 0) is 92.3 Å². The maximum absolute atomic E-state index is 10.1. The molecule has 4 aliphatic carbocycles. The summed E-state index contributed by atoms with van der Waals surface area (Å²) in [6.07, 6.45) is 10.9. The van der Waals surface area contributed by atoms with E-state index in [0.29, 0.717) is 16.7 Å². The molecule has 0 aliphatic heterocycles. The molecule has 0 aromatic rings. The van der Waals surface area contributed by atoms with E-state index in [0.717, 1.165) is 42.9 Å². The molecule has 122 valence electrons. The molecule has 8 atom stereocenters. The minimum absolute atomic E-state index is 0.0436. The van der Waals surface area contributed by atoms with E-state index >= 15 is 0 Å². The highest BCUT2D eigenvalue weighted by Gasteiger charge is 2.60. The van der Waals surface area contributed by atoms with Crippen molar-refractivity contribution in [1.82, 2.24) is 0 Å². The quantitative estimate of drug-likeness (QED) is 0.714. The number of hydrogen-bond donors (Lipinski definition) is 1. The monoisotopic (exact) mass is 301 g/mol. The van der Waals surface area contributed by atoms with Gasteiger partial charge in [-0.2, -0.15) is 5.26 Å². The molecule has 0 aromatic carbocycles. The molecule has 4 fully saturated rings. The van der Waals surface area contributed by atoms with Crippen molar-refractivity contribution < 1.29 is 5.11 Å². The molecule has 22 heavy (non-hydrogen) atoms. The summed E-state index contributed by atoms with van der Waals surface area (Å²) in [6.45, 7) is 4.97. The maximum Gasteiger partial charge on any atom is 0.0661 e. The van der Waals surface area contributed by atoms with Gasteiger partial charge >= 0.3 is 0 Å². The summed E-state index contributed by atoms with van der Waals surface area (Å²) in [6, 6.07) is 2.64. The number of nitrogens with zero attached hydrogens (tertiary/aromatic N) is 1. The van der Waals surface area contributed by atoms with Crippen molar-refractivity contribution in [2.24, 2.45) is 40.4 Å². The summed E-state index contributed by atoms with van der Waals surface area (Å²) < 4.78 is 0. The molecule has 4 aliphatic rings. The predicted octanol–water partition coefficient (Wildman–Crippen LogP) is 4.53. The molecular weight excluding hydrogens is 270 g/mol. The summed E-state index contributed by atoms with van der Waals surface area (Å²) in [5.41, 5.74) is 0.765. The van der Waals surface area contributed by atoms with Gasteiger partial charge in [-0.3, -0.25) is 0 Å². The Morgan fingerprint density at radius 1 is 0.909 bits per heavy atom. The molecule has 0 bridgehead atoms. The highest BCUT2D eigenvalue weighted by molar-refractivity contribution is 5.12. The Bertz CT molecular complexity index is 496. The smallest absolute Gasteiger partial charge is 0.0661 e. The number of nitriles is 1. The zero-order chi connectivity index (χ0) is 15.5. The van der Waals surface area contributed by atoms with Crippen molar-refractivity contribution in [3.63, 3.8) is 0 Å². The van der Waals surface area contributed by atoms with Crippen molar-refractivity contribution >= 4 is 0 Å². The van der Waals surface area contributed by atoms with E-state index < -0.39 is 0 Å². The molecular formula is C20H31NO. The molecule has 0 aromatic heterocycles. The summed E-state index contributed by atoms with van der Waals surface area (Å²) in [4.78, 5) is 0. The zero-order valence-electron chi connectivity index (χ0n) is 14.2. The van der Waals surface area contributed by atoms with Crippen LogP contribution in [0.25, 0.3) is 0 Å². The van der Waals surface area contributed by atoms with Crippen LogP contribution in [-0.2, 0) is 0 Å². The van der Waals surface area contributed by atoms with Gasteiger partial charge < -0.3 is 5.11 Å². The van der Waals surface area contributed by atoms with Crippen molar-refractivity contribution in [1.29, 1.82) is 5.26 Å². The molecule has 2 heteroatoms. The first-order valence-electron chi connectivity index (χ1n) is 9.56. The van der Waals surface area contributed by atoms with Crippen LogP contribution < -0.4 is 0 Å². The number of aliphatic hydroxyl groups is 1. The van der Waals surface area contributed by atoms with Crippen molar-refractivity contribution in [3.8, 4) is 6.07 Å². The highest BCUT2D eigenvalue weighted by Crippen LogP contribution is 2.67. The van der Waals surface area contributed by atoms with E-state index in [4.69, 9.17) is 0 Å². The summed E-state index contributed by atoms with van der Waals surface area (Å²) in [5, 5.41) is 19.6. The maximum atomic E-state index is 10.1. The normalized spacial score (nSPS) is 57.4. The topological polar surface area (TPSA) is 44.0 Å². The predicted molar refractivity (Wildman–Crippen MR) is 86.8 cm³/mol. The average molecular weight is 301 g/mol. The molecule has 0 amide bonds. The van der Waals surface area contributed by atoms with Gasteiger partial charge in [0.15, 0.2) is 0 Å². The number of fused-ring (bicyclic) bond motifs is 5. The largest absolute Gasteiger partial charge is 0.393 e. The number of aliphatic hydroxyl groups excluding tert-OH is 1. The molecule has 2 nitrogen and oxygen atoms in total. The molecule has 0 spiro atoms. The van der Waals surface area contributed by atoms with Gasteiger partial charge in [0.25, 0.3) is 0 Å². The van der Waals surface area contributed by atoms with Gasteiger partial charge in [-0.25, -0.2) is 0 Å². The first-order valence-corrected chi connectivity index (χ1v) is 9.56. The standard InChI is InChI=1S/C20H31NO/c1-19-9-7-15(22)11-13(19)3-5-16-17-6-4-14(12-21)20(17,2)10-8-18(16)19/h13-18,22H,3-11H2,1-2H3/t13?,14?,15-,16?,17?,18?,19?,20?/m0/s1. The Hall–Kier alpha value is -0.550. The van der Waals surface area contributed by atoms with E-state index in [1.165, 1.54) is 38.5 Å². The highest BCUT2D eigenvalue weighted by atomic mass is 16.3. The van der Waals surface area contributed by atoms with E-state index in [1.54, 1.807) is 0 Å². The molecule has 7 unspecified atom stereocenters. The molecule has 4 saturated carbocycles. The molecule has 0 radical (unpaired) electrons.